The van der Waals surface area contributed by atoms with Gasteiger partial charge in [0, 0.05) is 25.3 Å². The molecule has 0 aromatic carbocycles. The van der Waals surface area contributed by atoms with E-state index in [9.17, 15) is 0 Å². The molecule has 0 saturated heterocycles. The maximum absolute atomic E-state index is 5.82. The van der Waals surface area contributed by atoms with Crippen LogP contribution in [0.5, 0.6) is 0 Å². The second-order valence-electron chi connectivity index (χ2n) is 5.26. The third kappa shape index (κ3) is 6.59. The lowest BCUT2D eigenvalue weighted by Crippen LogP contribution is -2.32. The van der Waals surface area contributed by atoms with Crippen molar-refractivity contribution >= 4 is 5.96 Å². The van der Waals surface area contributed by atoms with Crippen LogP contribution >= 0.6 is 0 Å². The van der Waals surface area contributed by atoms with Crippen molar-refractivity contribution in [1.29, 1.82) is 0 Å². The van der Waals surface area contributed by atoms with Gasteiger partial charge in [0.15, 0.2) is 5.96 Å². The van der Waals surface area contributed by atoms with Gasteiger partial charge in [-0.2, -0.15) is 5.10 Å². The minimum Gasteiger partial charge on any atom is -0.370 e. The van der Waals surface area contributed by atoms with Gasteiger partial charge in [-0.15, -0.1) is 0 Å². The van der Waals surface area contributed by atoms with Crippen molar-refractivity contribution in [2.75, 3.05) is 13.1 Å². The first-order chi connectivity index (χ1) is 9.63. The predicted octanol–water partition coefficient (Wildman–Crippen LogP) is 2.37. The van der Waals surface area contributed by atoms with Gasteiger partial charge in [-0.25, -0.2) is 0 Å². The summed E-state index contributed by atoms with van der Waals surface area (Å²) in [5.41, 5.74) is 8.09. The van der Waals surface area contributed by atoms with Gasteiger partial charge in [-0.05, 0) is 32.8 Å². The SMILES string of the molecule is CCCCCCNC(N)=NCCCn1nc(C)cc1C. The maximum Gasteiger partial charge on any atom is 0.188 e. The monoisotopic (exact) mass is 279 g/mol. The fourth-order valence-electron chi connectivity index (χ4n) is 2.15. The fourth-order valence-corrected chi connectivity index (χ4v) is 2.15. The molecule has 0 aliphatic heterocycles. The summed E-state index contributed by atoms with van der Waals surface area (Å²) in [6.07, 6.45) is 5.93. The first kappa shape index (κ1) is 16.5. The molecule has 1 aromatic rings. The average molecular weight is 279 g/mol. The molecule has 0 amide bonds. The summed E-state index contributed by atoms with van der Waals surface area (Å²) in [7, 11) is 0. The zero-order valence-electron chi connectivity index (χ0n) is 13.2. The summed E-state index contributed by atoms with van der Waals surface area (Å²) in [6, 6.07) is 2.09. The Kier molecular flexibility index (Phi) is 7.77. The van der Waals surface area contributed by atoms with E-state index in [4.69, 9.17) is 5.73 Å². The fraction of sp³-hybridized carbons (Fsp3) is 0.733. The molecule has 1 rings (SSSR count). The molecule has 0 unspecified atom stereocenters. The number of aliphatic imine (C=N–C) groups is 1. The number of aryl methyl sites for hydroxylation is 3. The molecule has 1 heterocycles. The number of unbranched alkanes of at least 4 members (excludes halogenated alkanes) is 3. The molecule has 0 fully saturated rings. The molecule has 5 heteroatoms. The lowest BCUT2D eigenvalue weighted by atomic mass is 10.2. The highest BCUT2D eigenvalue weighted by Gasteiger charge is 1.99. The number of rotatable bonds is 9. The number of guanidine groups is 1. The maximum atomic E-state index is 5.82. The highest BCUT2D eigenvalue weighted by atomic mass is 15.3. The van der Waals surface area contributed by atoms with Gasteiger partial charge < -0.3 is 11.1 Å². The van der Waals surface area contributed by atoms with Gasteiger partial charge >= 0.3 is 0 Å². The van der Waals surface area contributed by atoms with Crippen LogP contribution in [0.25, 0.3) is 0 Å². The van der Waals surface area contributed by atoms with Gasteiger partial charge in [0.25, 0.3) is 0 Å². The Bertz CT molecular complexity index is 408. The van der Waals surface area contributed by atoms with Crippen molar-refractivity contribution in [3.8, 4) is 0 Å². The molecule has 1 aromatic heterocycles. The van der Waals surface area contributed by atoms with E-state index in [1.807, 2.05) is 11.6 Å². The molecule has 0 radical (unpaired) electrons. The quantitative estimate of drug-likeness (QED) is 0.414. The molecule has 0 atom stereocenters. The summed E-state index contributed by atoms with van der Waals surface area (Å²) in [5.74, 6) is 0.565. The molecule has 114 valence electrons. The van der Waals surface area contributed by atoms with Crippen LogP contribution in [0.4, 0.5) is 0 Å². The first-order valence-corrected chi connectivity index (χ1v) is 7.68. The van der Waals surface area contributed by atoms with Crippen LogP contribution in [-0.4, -0.2) is 28.8 Å². The topological polar surface area (TPSA) is 68.2 Å². The van der Waals surface area contributed by atoms with Crippen molar-refractivity contribution in [2.45, 2.75) is 59.4 Å². The van der Waals surface area contributed by atoms with Gasteiger partial charge in [-0.1, -0.05) is 26.2 Å². The Morgan fingerprint density at radius 3 is 2.75 bits per heavy atom. The Balaban J connectivity index is 2.12. The Morgan fingerprint density at radius 2 is 2.10 bits per heavy atom. The summed E-state index contributed by atoms with van der Waals surface area (Å²) < 4.78 is 2.03. The molecule has 3 N–H and O–H groups in total. The highest BCUT2D eigenvalue weighted by molar-refractivity contribution is 5.77. The molecule has 0 aliphatic carbocycles. The van der Waals surface area contributed by atoms with Crippen molar-refractivity contribution in [1.82, 2.24) is 15.1 Å². The highest BCUT2D eigenvalue weighted by Crippen LogP contribution is 2.02. The zero-order valence-corrected chi connectivity index (χ0v) is 13.2. The average Bonchev–Trinajstić information content (AvgIpc) is 2.73. The summed E-state index contributed by atoms with van der Waals surface area (Å²) >= 11 is 0. The number of hydrogen-bond donors (Lipinski definition) is 2. The molecule has 20 heavy (non-hydrogen) atoms. The molecule has 0 bridgehead atoms. The third-order valence-electron chi connectivity index (χ3n) is 3.25. The number of nitrogens with one attached hydrogen (secondary N) is 1. The molecular formula is C15H29N5. The van der Waals surface area contributed by atoms with Gasteiger partial charge in [0.1, 0.15) is 0 Å². The van der Waals surface area contributed by atoms with E-state index in [2.05, 4.69) is 35.3 Å². The van der Waals surface area contributed by atoms with Gasteiger partial charge in [-0.3, -0.25) is 9.67 Å². The van der Waals surface area contributed by atoms with Crippen molar-refractivity contribution in [3.05, 3.63) is 17.5 Å². The van der Waals surface area contributed by atoms with E-state index in [0.29, 0.717) is 5.96 Å². The van der Waals surface area contributed by atoms with Crippen LogP contribution in [0.2, 0.25) is 0 Å². The van der Waals surface area contributed by atoms with Crippen LogP contribution < -0.4 is 11.1 Å². The lowest BCUT2D eigenvalue weighted by molar-refractivity contribution is 0.567. The number of aromatic nitrogens is 2. The number of hydrogen-bond acceptors (Lipinski definition) is 2. The summed E-state index contributed by atoms with van der Waals surface area (Å²) in [6.45, 7) is 8.87. The Hall–Kier alpha value is -1.52. The molecule has 0 saturated carbocycles. The molecule has 0 spiro atoms. The second kappa shape index (κ2) is 9.39. The largest absolute Gasteiger partial charge is 0.370 e. The minimum atomic E-state index is 0.565. The van der Waals surface area contributed by atoms with E-state index in [1.54, 1.807) is 0 Å². The second-order valence-corrected chi connectivity index (χ2v) is 5.26. The molecule has 5 nitrogen and oxygen atoms in total. The van der Waals surface area contributed by atoms with E-state index in [0.717, 1.165) is 38.2 Å². The van der Waals surface area contributed by atoms with Crippen LogP contribution in [0.1, 0.15) is 50.4 Å². The van der Waals surface area contributed by atoms with Crippen molar-refractivity contribution < 1.29 is 0 Å². The van der Waals surface area contributed by atoms with Crippen LogP contribution in [-0.2, 0) is 6.54 Å². The van der Waals surface area contributed by atoms with Gasteiger partial charge in [0.2, 0.25) is 0 Å². The Morgan fingerprint density at radius 1 is 1.30 bits per heavy atom. The lowest BCUT2D eigenvalue weighted by Gasteiger charge is -2.06. The predicted molar refractivity (Wildman–Crippen MR) is 85.0 cm³/mol. The Labute approximate surface area is 122 Å². The third-order valence-corrected chi connectivity index (χ3v) is 3.25. The van der Waals surface area contributed by atoms with E-state index >= 15 is 0 Å². The number of nitrogens with zero attached hydrogens (tertiary/aromatic N) is 3. The standard InChI is InChI=1S/C15H29N5/c1-4-5-6-7-9-17-15(16)18-10-8-11-20-14(3)12-13(2)19-20/h12H,4-11H2,1-3H3,(H3,16,17,18). The van der Waals surface area contributed by atoms with Gasteiger partial charge in [0.05, 0.1) is 5.69 Å². The van der Waals surface area contributed by atoms with Crippen LogP contribution in [0.15, 0.2) is 11.1 Å². The minimum absolute atomic E-state index is 0.565. The summed E-state index contributed by atoms with van der Waals surface area (Å²) in [5, 5.41) is 7.59. The normalized spacial score (nSPS) is 11.8. The molecule has 0 aliphatic rings. The van der Waals surface area contributed by atoms with E-state index in [1.165, 1.54) is 25.0 Å². The van der Waals surface area contributed by atoms with E-state index < -0.39 is 0 Å². The number of nitrogens with two attached hydrogens (primary N) is 1. The smallest absolute Gasteiger partial charge is 0.188 e. The molecular weight excluding hydrogens is 250 g/mol. The van der Waals surface area contributed by atoms with Crippen molar-refractivity contribution in [3.63, 3.8) is 0 Å². The summed E-state index contributed by atoms with van der Waals surface area (Å²) in [4.78, 5) is 4.34. The van der Waals surface area contributed by atoms with Crippen LogP contribution in [0, 0.1) is 13.8 Å². The van der Waals surface area contributed by atoms with E-state index in [-0.39, 0.29) is 0 Å². The zero-order chi connectivity index (χ0) is 14.8. The van der Waals surface area contributed by atoms with Crippen molar-refractivity contribution in [2.24, 2.45) is 10.7 Å². The van der Waals surface area contributed by atoms with Crippen LogP contribution in [0.3, 0.4) is 0 Å². The first-order valence-electron chi connectivity index (χ1n) is 7.68.